The molecule has 2 unspecified atom stereocenters. The maximum atomic E-state index is 13.8. The molecule has 2 atom stereocenters. The number of fused-ring (bicyclic) bond motifs is 2. The quantitative estimate of drug-likeness (QED) is 0.0495. The van der Waals surface area contributed by atoms with E-state index in [1.807, 2.05) is 12.1 Å². The van der Waals surface area contributed by atoms with E-state index in [-0.39, 0.29) is 53.4 Å². The van der Waals surface area contributed by atoms with Gasteiger partial charge in [-0.15, -0.1) is 0 Å². The minimum absolute atomic E-state index is 0. The zero-order chi connectivity index (χ0) is 54.4. The van der Waals surface area contributed by atoms with E-state index in [2.05, 4.69) is 55.2 Å². The van der Waals surface area contributed by atoms with Crippen molar-refractivity contribution in [3.8, 4) is 11.8 Å². The number of rotatable bonds is 22. The number of ether oxygens (including phenoxy) is 2. The molecule has 420 valence electrons. The van der Waals surface area contributed by atoms with Crippen LogP contribution < -0.4 is 9.47 Å². The number of carboxylic acids is 2. The van der Waals surface area contributed by atoms with Crippen LogP contribution in [0.3, 0.4) is 0 Å². The summed E-state index contributed by atoms with van der Waals surface area (Å²) in [6.07, 6.45) is 7.32. The Balaban J connectivity index is 0.000000223. The number of pyridine rings is 2. The van der Waals surface area contributed by atoms with Gasteiger partial charge in [-0.2, -0.15) is 10.2 Å². The Labute approximate surface area is 482 Å². The molecule has 6 aromatic rings. The van der Waals surface area contributed by atoms with Crippen molar-refractivity contribution in [3.63, 3.8) is 0 Å². The van der Waals surface area contributed by atoms with Crippen LogP contribution in [-0.2, 0) is 107 Å². The van der Waals surface area contributed by atoms with E-state index >= 15 is 0 Å². The first-order chi connectivity index (χ1) is 37.0. The Morgan fingerprint density at radius 2 is 1.08 bits per heavy atom. The molecule has 0 saturated heterocycles. The molecule has 2 fully saturated rings. The number of benzene rings is 2. The van der Waals surface area contributed by atoms with Gasteiger partial charge in [-0.3, -0.25) is 19.6 Å². The molecule has 4 heterocycles. The molecule has 2 N–H and O–H groups in total. The maximum absolute atomic E-state index is 13.8. The van der Waals surface area contributed by atoms with Crippen molar-refractivity contribution in [1.82, 2.24) is 29.5 Å². The molecule has 13 nitrogen and oxygen atoms in total. The first-order valence-electron chi connectivity index (χ1n) is 26.6. The van der Waals surface area contributed by atoms with Crippen molar-refractivity contribution in [3.05, 3.63) is 164 Å². The zero-order valence-corrected chi connectivity index (χ0v) is 49.4. The van der Waals surface area contributed by atoms with E-state index in [1.165, 1.54) is 54.3 Å². The van der Waals surface area contributed by atoms with E-state index in [0.717, 1.165) is 42.6 Å². The predicted molar refractivity (Wildman–Crippen MR) is 291 cm³/mol. The Bertz CT molecular complexity index is 3150. The van der Waals surface area contributed by atoms with E-state index in [4.69, 9.17) is 26.0 Å². The van der Waals surface area contributed by atoms with Gasteiger partial charge in [-0.25, -0.2) is 31.8 Å². The van der Waals surface area contributed by atoms with Crippen LogP contribution in [0.5, 0.6) is 11.8 Å². The van der Waals surface area contributed by atoms with Crippen molar-refractivity contribution in [2.75, 3.05) is 13.2 Å². The number of carbonyl (C=O) groups is 2. The minimum Gasteiger partial charge on any atom is -0.481 e. The van der Waals surface area contributed by atoms with Gasteiger partial charge in [-0.1, -0.05) is 57.9 Å². The second-order valence-corrected chi connectivity index (χ2v) is 22.1. The molecule has 2 saturated carbocycles. The van der Waals surface area contributed by atoms with Crippen molar-refractivity contribution in [1.29, 1.82) is 0 Å². The fraction of sp³-hybridized carbons (Fsp3) is 0.467. The fourth-order valence-electron chi connectivity index (χ4n) is 11.0. The van der Waals surface area contributed by atoms with E-state index < -0.39 is 47.5 Å². The van der Waals surface area contributed by atoms with Gasteiger partial charge in [0, 0.05) is 87.4 Å². The van der Waals surface area contributed by atoms with Gasteiger partial charge in [-0.05, 0) is 154 Å². The third-order valence-corrected chi connectivity index (χ3v) is 16.2. The summed E-state index contributed by atoms with van der Waals surface area (Å²) in [5.74, 6) is -1.75. The van der Waals surface area contributed by atoms with Crippen LogP contribution in [0.1, 0.15) is 144 Å². The standard InChI is InChI=1S/C30H32F2N4O3.C29H32BrF2N3O3.CH3.W/c1-33-24-14-20(13-22(17-24)30(10-11-30)29(31)32)21(16-28(37)38)15-25-18-27(36(2)35-25)39-12-9-23-8-7-19-5-3-4-6-26(19)34-23;1-35-26(38-11-8-23-7-6-18-4-2-3-5-25(18)33-23)17-24(34-35)14-20(15-27(36)37)19-12-21(16-22(30)13-19)29(9-10-29)28(31)32;;/h7-8,13-14,17-18,21,29H,3-6,9-12,15-16H2,2H3,(H,37,38);6-7,12-13,16-17,20,28H,2-5,8-11,14-15H2,1H3,(H,36,37);1H3;/q;;-1;. The summed E-state index contributed by atoms with van der Waals surface area (Å²) in [5.41, 5.74) is 8.58. The van der Waals surface area contributed by atoms with Crippen molar-refractivity contribution in [2.24, 2.45) is 14.1 Å². The summed E-state index contributed by atoms with van der Waals surface area (Å²) >= 11 is 3.45. The largest absolute Gasteiger partial charge is 0.481 e. The molecule has 0 amide bonds. The van der Waals surface area contributed by atoms with Crippen LogP contribution in [0.25, 0.3) is 4.85 Å². The second kappa shape index (κ2) is 26.6. The summed E-state index contributed by atoms with van der Waals surface area (Å²) < 4.78 is 71.1. The minimum atomic E-state index is -2.53. The third kappa shape index (κ3) is 14.9. The van der Waals surface area contributed by atoms with E-state index in [0.29, 0.717) is 102 Å². The van der Waals surface area contributed by atoms with Crippen LogP contribution in [0, 0.1) is 14.0 Å². The molecule has 79 heavy (non-hydrogen) atoms. The number of alkyl halides is 4. The normalized spacial score (nSPS) is 16.2. The summed E-state index contributed by atoms with van der Waals surface area (Å²) in [4.78, 5) is 36.5. The molecule has 0 bridgehead atoms. The van der Waals surface area contributed by atoms with E-state index in [1.54, 1.807) is 53.8 Å². The number of aromatic nitrogens is 6. The van der Waals surface area contributed by atoms with Crippen LogP contribution in [0.2, 0.25) is 0 Å². The number of halogens is 5. The molecule has 0 aliphatic heterocycles. The third-order valence-electron chi connectivity index (χ3n) is 15.7. The van der Waals surface area contributed by atoms with Gasteiger partial charge in [0.1, 0.15) is 0 Å². The smallest absolute Gasteiger partial charge is 0.303 e. The number of aliphatic carboxylic acids is 2. The Hall–Kier alpha value is -5.92. The summed E-state index contributed by atoms with van der Waals surface area (Å²) in [5, 5.41) is 28.3. The number of aryl methyl sites for hydroxylation is 6. The number of nitrogens with zero attached hydrogens (tertiary/aromatic N) is 7. The monoisotopic (exact) mass is 1320 g/mol. The van der Waals surface area contributed by atoms with Gasteiger partial charge in [0.15, 0.2) is 5.69 Å². The van der Waals surface area contributed by atoms with Crippen LogP contribution in [0.4, 0.5) is 23.2 Å². The maximum Gasteiger partial charge on any atom is 0.303 e. The van der Waals surface area contributed by atoms with Gasteiger partial charge in [0.25, 0.3) is 0 Å². The molecule has 4 aromatic heterocycles. The molecule has 4 aliphatic carbocycles. The van der Waals surface area contributed by atoms with Crippen LogP contribution in [0.15, 0.2) is 77.3 Å². The van der Waals surface area contributed by atoms with Gasteiger partial charge in [0.05, 0.1) is 54.8 Å². The number of hydrogen-bond donors (Lipinski definition) is 2. The second-order valence-electron chi connectivity index (χ2n) is 21.2. The molecule has 19 heteroatoms. The first-order valence-corrected chi connectivity index (χ1v) is 27.4. The summed E-state index contributed by atoms with van der Waals surface area (Å²) in [6, 6.07) is 22.2. The summed E-state index contributed by atoms with van der Waals surface area (Å²) in [6.45, 7) is 8.34. The topological polar surface area (TPSA) is 159 Å². The number of hydrogen-bond acceptors (Lipinski definition) is 8. The Morgan fingerprint density at radius 3 is 1.49 bits per heavy atom. The molecule has 4 aliphatic rings. The number of carboxylic acid groups (broad SMARTS) is 2. The van der Waals surface area contributed by atoms with Crippen molar-refractivity contribution >= 4 is 33.6 Å². The Kier molecular flexibility index (Phi) is 20.4. The van der Waals surface area contributed by atoms with Crippen LogP contribution in [-0.4, -0.2) is 77.7 Å². The molecular weight excluding hydrogens is 1250 g/mol. The van der Waals surface area contributed by atoms with E-state index in [9.17, 15) is 37.4 Å². The molecule has 2 aromatic carbocycles. The zero-order valence-electron chi connectivity index (χ0n) is 44.8. The van der Waals surface area contributed by atoms with Gasteiger partial charge >= 0.3 is 11.9 Å². The average molecular weight is 1320 g/mol. The van der Waals surface area contributed by atoms with Gasteiger partial charge < -0.3 is 27.1 Å². The van der Waals surface area contributed by atoms with Crippen molar-refractivity contribution in [2.45, 2.75) is 151 Å². The predicted octanol–water partition coefficient (Wildman–Crippen LogP) is 12.6. The Morgan fingerprint density at radius 1 is 0.646 bits per heavy atom. The molecular formula is C60H67BrF4N7O6W-. The van der Waals surface area contributed by atoms with Crippen LogP contribution >= 0.6 is 15.9 Å². The summed E-state index contributed by atoms with van der Waals surface area (Å²) in [7, 11) is 3.55. The molecule has 0 spiro atoms. The average Bonchev–Trinajstić information content (AvgIpc) is 4.47. The molecule has 10 rings (SSSR count). The van der Waals surface area contributed by atoms with Gasteiger partial charge in [0.2, 0.25) is 24.6 Å². The SMILES string of the molecule is Cn1nc(CC(CC(=O)O)c2cc(Br)cc(C3(C(F)F)CC3)c2)cc1OCCc1ccc2c(n1)CCCC2.[C-]#[N+]c1cc(C(CC(=O)O)Cc2cc(OCCc3ccc4c(n3)CCCC4)n(C)n2)cc(C2(C(F)F)CC2)c1.[CH3-].[W]. The van der Waals surface area contributed by atoms with Crippen molar-refractivity contribution < 1.29 is 67.9 Å². The first kappa shape index (κ1) is 60.7. The fourth-order valence-corrected chi connectivity index (χ4v) is 11.5. The molecule has 0 radical (unpaired) electrons.